The largest absolute Gasteiger partial charge is 0.458 e. The van der Waals surface area contributed by atoms with Crippen LogP contribution in [0.4, 0.5) is 17.6 Å². The van der Waals surface area contributed by atoms with Crippen LogP contribution >= 0.6 is 0 Å². The van der Waals surface area contributed by atoms with Crippen LogP contribution in [0, 0.1) is 23.7 Å². The summed E-state index contributed by atoms with van der Waals surface area (Å²) >= 11 is 0. The number of nitrogens with zero attached hydrogens (tertiary/aromatic N) is 4. The van der Waals surface area contributed by atoms with Crippen molar-refractivity contribution >= 4 is 23.9 Å². The molecule has 0 saturated carbocycles. The Hall–Kier alpha value is -8.32. The van der Waals surface area contributed by atoms with E-state index in [1.165, 1.54) is 0 Å². The molecule has 0 unspecified atom stereocenters. The Kier molecular flexibility index (Phi) is 26.7. The molecule has 40 nitrogen and oxygen atoms in total. The summed E-state index contributed by atoms with van der Waals surface area (Å²) in [5.74, 6) is -17.6. The molecule has 0 radical (unpaired) electrons. The molecule has 4 aliphatic rings. The molecule has 0 aromatic carbocycles. The molecule has 584 valence electrons. The highest BCUT2D eigenvalue weighted by molar-refractivity contribution is 5.77. The number of ether oxygens (including phenoxy) is 8. The number of halogens is 4. The van der Waals surface area contributed by atoms with Crippen molar-refractivity contribution in [1.29, 1.82) is 0 Å². The zero-order valence-electron chi connectivity index (χ0n) is 62.8. The number of esters is 4. The minimum Gasteiger partial charge on any atom is -0.458 e. The summed E-state index contributed by atoms with van der Waals surface area (Å²) in [5.41, 5.74) is 13.2. The Balaban J connectivity index is 0.000000263. The third-order valence-electron chi connectivity index (χ3n) is 15.6. The third-order valence-corrected chi connectivity index (χ3v) is 15.6. The molecule has 44 heteroatoms. The van der Waals surface area contributed by atoms with E-state index in [0.717, 1.165) is 23.2 Å². The molecule has 4 saturated heterocycles. The van der Waals surface area contributed by atoms with Crippen LogP contribution in [0.15, 0.2) is 63.1 Å². The first-order valence-electron chi connectivity index (χ1n) is 34.4. The summed E-state index contributed by atoms with van der Waals surface area (Å²) in [4.78, 5) is 149. The maximum absolute atomic E-state index is 15.3. The molecule has 16 atom stereocenters. The highest BCUT2D eigenvalue weighted by Gasteiger charge is 2.53. The predicted molar refractivity (Wildman–Crippen MR) is 342 cm³/mol. The number of alkyl halides is 4. The van der Waals surface area contributed by atoms with Crippen molar-refractivity contribution in [3.8, 4) is 0 Å². The molecule has 20 N–H and O–H groups in total. The fraction of sp³-hybridized carbons (Fsp3) is 0.667. The lowest BCUT2D eigenvalue weighted by Gasteiger charge is -2.22. The zero-order valence-corrected chi connectivity index (χ0v) is 56.8. The highest BCUT2D eigenvalue weighted by atomic mass is 19.2. The molecule has 0 aliphatic carbocycles. The number of aliphatic hydroxyl groups excluding tert-OH is 8. The van der Waals surface area contributed by atoms with E-state index in [4.69, 9.17) is 80.0 Å². The van der Waals surface area contributed by atoms with Gasteiger partial charge in [0.1, 0.15) is 48.6 Å². The number of aliphatic hydroxyl groups is 8. The molecule has 8 heterocycles. The first-order valence-corrected chi connectivity index (χ1v) is 31.4. The Morgan fingerprint density at radius 1 is 0.442 bits per heavy atom. The summed E-state index contributed by atoms with van der Waals surface area (Å²) < 4.78 is 148. The van der Waals surface area contributed by atoms with E-state index < -0.39 is 256 Å². The summed E-state index contributed by atoms with van der Waals surface area (Å²) in [6.45, 7) is 1.43. The summed E-state index contributed by atoms with van der Waals surface area (Å²) in [7, 11) is 0. The van der Waals surface area contributed by atoms with E-state index in [1.54, 1.807) is 60.4 Å². The molecule has 4 aliphatic heterocycles. The molecular weight excluding hydrogens is 1410 g/mol. The lowest BCUT2D eigenvalue weighted by atomic mass is 10.1. The number of hydrogen-bond acceptors (Lipinski definition) is 32. The molecule has 0 bridgehead atoms. The van der Waals surface area contributed by atoms with Crippen LogP contribution in [0.1, 0.15) is 136 Å². The van der Waals surface area contributed by atoms with E-state index in [1.807, 2.05) is 15.0 Å². The van der Waals surface area contributed by atoms with E-state index >= 15 is 8.78 Å². The molecular formula is C60H88F4N12O28. The minimum absolute atomic E-state index is 0.161. The maximum Gasteiger partial charge on any atom is 0.330 e. The van der Waals surface area contributed by atoms with Crippen molar-refractivity contribution in [2.75, 3.05) is 26.3 Å². The Bertz CT molecular complexity index is 4470. The summed E-state index contributed by atoms with van der Waals surface area (Å²) in [6.07, 6.45) is -16.1. The monoisotopic (exact) mass is 1510 g/mol. The Labute approximate surface area is 592 Å². The van der Waals surface area contributed by atoms with Gasteiger partial charge in [-0.1, -0.05) is 55.4 Å². The van der Waals surface area contributed by atoms with Crippen molar-refractivity contribution in [3.63, 3.8) is 0 Å². The van der Waals surface area contributed by atoms with Gasteiger partial charge in [-0.25, -0.2) is 36.7 Å². The van der Waals surface area contributed by atoms with E-state index in [-0.39, 0.29) is 34.1 Å². The quantitative estimate of drug-likeness (QED) is 0.0176. The number of carbonyl (C=O) groups excluding carboxylic acids is 4. The van der Waals surface area contributed by atoms with Gasteiger partial charge in [0.2, 0.25) is 23.4 Å². The van der Waals surface area contributed by atoms with Crippen LogP contribution in [0.3, 0.4) is 0 Å². The number of aromatic amines is 4. The second-order valence-corrected chi connectivity index (χ2v) is 25.3. The Morgan fingerprint density at radius 2 is 0.673 bits per heavy atom. The zero-order chi connectivity index (χ0) is 84.0. The van der Waals surface area contributed by atoms with Crippen molar-refractivity contribution < 1.29 is 124 Å². The number of nitrogens with two attached hydrogens (primary N) is 4. The first kappa shape index (κ1) is 76.8. The first-order chi connectivity index (χ1) is 50.5. The topological polar surface area (TPSA) is 627 Å². The number of H-pyrrole nitrogens is 4. The number of rotatable bonds is 24. The van der Waals surface area contributed by atoms with Crippen LogP contribution in [0.25, 0.3) is 0 Å². The van der Waals surface area contributed by atoms with Gasteiger partial charge in [-0.2, -0.15) is 0 Å². The van der Waals surface area contributed by atoms with E-state index in [9.17, 15) is 86.7 Å². The van der Waals surface area contributed by atoms with E-state index in [2.05, 4.69) is 9.47 Å². The van der Waals surface area contributed by atoms with Crippen LogP contribution in [0.5, 0.6) is 0 Å². The van der Waals surface area contributed by atoms with Crippen molar-refractivity contribution in [2.24, 2.45) is 46.6 Å². The van der Waals surface area contributed by atoms with Gasteiger partial charge in [-0.3, -0.25) is 76.6 Å². The molecule has 4 aromatic rings. The van der Waals surface area contributed by atoms with Gasteiger partial charge >= 0.3 is 46.6 Å². The average Bonchev–Trinajstić information content (AvgIpc) is 1.57. The molecule has 8 rings (SSSR count). The molecule has 0 amide bonds. The fourth-order valence-electron chi connectivity index (χ4n) is 9.20. The van der Waals surface area contributed by atoms with Gasteiger partial charge in [0.15, 0.2) is 51.2 Å². The smallest absolute Gasteiger partial charge is 0.330 e. The van der Waals surface area contributed by atoms with Crippen LogP contribution in [0.2, 0.25) is 0 Å². The number of aromatic nitrogens is 8. The second-order valence-electron chi connectivity index (χ2n) is 25.3. The van der Waals surface area contributed by atoms with Gasteiger partial charge in [0, 0.05) is 50.5 Å². The van der Waals surface area contributed by atoms with Crippen LogP contribution < -0.4 is 67.9 Å². The molecule has 0 spiro atoms. The second kappa shape index (κ2) is 36.1. The number of carbonyl (C=O) groups is 4. The summed E-state index contributed by atoms with van der Waals surface area (Å²) in [6, 6.07) is -4.41. The van der Waals surface area contributed by atoms with Crippen LogP contribution in [-0.4, -0.2) is 201 Å². The standard InChI is InChI=1S/4C15H22FN3O7/c4*1-7(2)10(17)13(23)25-6-15(16)3-9(21)12(26-15)19-4-8(5-20)11(22)18-14(19)24/h4*4,7,9-10,12,20-21H,3,5-6,17H2,1-2H3,(H,18,22,24)/t4*9-,10+,12-,15+/m1111/s1/i6D2,12D;12D;6D2;. The van der Waals surface area contributed by atoms with E-state index in [0.29, 0.717) is 19.9 Å². The molecule has 4 fully saturated rings. The lowest BCUT2D eigenvalue weighted by Crippen LogP contribution is -2.40. The molecule has 104 heavy (non-hydrogen) atoms. The minimum atomic E-state index is -3.53. The fourth-order valence-corrected chi connectivity index (χ4v) is 9.20. The normalized spacial score (nSPS) is 29.4. The number of nitrogens with one attached hydrogen (secondary N) is 4. The SMILES string of the molecule is CC(C)[C@H](N)C(=O)OC[C@]1(F)C[C@@H](O)[C@H](n2cc(CO)c(=O)[nH]c2=O)O1.[2H]C([2H])(OC(=O)[C@@H](N)C(C)C)[C@]1(F)C[C@@H](O)[C@H](n2cc(CO)c(=O)[nH]c2=O)O1.[2H]C([2H])(OC(=O)[C@@H](N)C(C)C)[C@]1(F)C[C@@H](O)[C@]([2H])(n2cc(CO)c(=O)[nH]c2=O)O1.[2H][C@@]1(n2cc(CO)c(=O)[nH]c2=O)O[C@](F)(COC(=O)[C@@H](N)C(C)C)C[C@H]1O. The van der Waals surface area contributed by atoms with Crippen LogP contribution in [-0.2, 0) is 83.5 Å². The van der Waals surface area contributed by atoms with Gasteiger partial charge in [-0.05, 0) is 23.7 Å². The van der Waals surface area contributed by atoms with Crippen molar-refractivity contribution in [3.05, 3.63) is 130 Å². The predicted octanol–water partition coefficient (Wildman–Crippen LogP) is -6.00. The summed E-state index contributed by atoms with van der Waals surface area (Å²) in [5, 5.41) is 77.0. The van der Waals surface area contributed by atoms with Gasteiger partial charge in [0.05, 0.1) is 56.9 Å². The van der Waals surface area contributed by atoms with Gasteiger partial charge in [-0.15, -0.1) is 0 Å². The molecule has 4 aromatic heterocycles. The average molecular weight is 1510 g/mol. The lowest BCUT2D eigenvalue weighted by molar-refractivity contribution is -0.197. The number of hydrogen-bond donors (Lipinski definition) is 16. The van der Waals surface area contributed by atoms with Gasteiger partial charge < -0.3 is 102 Å². The van der Waals surface area contributed by atoms with Gasteiger partial charge in [0.25, 0.3) is 22.2 Å². The maximum atomic E-state index is 15.3. The van der Waals surface area contributed by atoms with Crippen molar-refractivity contribution in [2.45, 2.75) is 204 Å². The third kappa shape index (κ3) is 21.9. The Morgan fingerprint density at radius 3 is 0.981 bits per heavy atom. The van der Waals surface area contributed by atoms with Crippen molar-refractivity contribution in [1.82, 2.24) is 38.2 Å². The highest BCUT2D eigenvalue weighted by Crippen LogP contribution is 2.41.